The van der Waals surface area contributed by atoms with Crippen molar-refractivity contribution in [3.05, 3.63) is 71.3 Å². The number of nitrogens with one attached hydrogen (secondary N) is 1. The van der Waals surface area contributed by atoms with Crippen molar-refractivity contribution in [3.63, 3.8) is 0 Å². The zero-order valence-electron chi connectivity index (χ0n) is 17.4. The lowest BCUT2D eigenvalue weighted by atomic mass is 10.0. The molecule has 0 spiro atoms. The van der Waals surface area contributed by atoms with Crippen LogP contribution in [-0.4, -0.2) is 46.8 Å². The number of halogens is 2. The number of rotatable bonds is 8. The molecule has 1 unspecified atom stereocenters. The summed E-state index contributed by atoms with van der Waals surface area (Å²) < 4.78 is 40.0. The Morgan fingerprint density at radius 2 is 1.48 bits per heavy atom. The van der Waals surface area contributed by atoms with Crippen LogP contribution in [0, 0.1) is 17.6 Å². The van der Waals surface area contributed by atoms with Gasteiger partial charge in [-0.25, -0.2) is 8.78 Å². The molecule has 1 aliphatic heterocycles. The summed E-state index contributed by atoms with van der Waals surface area (Å²) in [6, 6.07) is 12.3. The van der Waals surface area contributed by atoms with Gasteiger partial charge in [0.25, 0.3) is 0 Å². The molecule has 1 amide bonds. The van der Waals surface area contributed by atoms with Crippen molar-refractivity contribution in [3.8, 4) is 0 Å². The molecule has 7 heteroatoms. The standard InChI is InChI=1S/C24H28F2N2O2S/c25-20-7-3-17(4-8-20)23(18-5-9-21(26)10-6-18)31(30)16-13-27-22-11-14-28(15-12-22)24(29)19-1-2-19/h3-10,19,22-23,27H,1-2,11-16H2. The lowest BCUT2D eigenvalue weighted by molar-refractivity contribution is -0.133. The smallest absolute Gasteiger partial charge is 0.225 e. The fourth-order valence-electron chi connectivity index (χ4n) is 4.15. The highest BCUT2D eigenvalue weighted by atomic mass is 32.2. The van der Waals surface area contributed by atoms with Gasteiger partial charge in [-0.15, -0.1) is 0 Å². The zero-order chi connectivity index (χ0) is 21.8. The summed E-state index contributed by atoms with van der Waals surface area (Å²) in [5, 5.41) is 3.04. The summed E-state index contributed by atoms with van der Waals surface area (Å²) in [6.07, 6.45) is 3.88. The van der Waals surface area contributed by atoms with Crippen molar-refractivity contribution in [1.82, 2.24) is 10.2 Å². The van der Waals surface area contributed by atoms with Gasteiger partial charge in [-0.3, -0.25) is 4.79 Å². The molecule has 1 N–H and O–H groups in total. The molecule has 1 saturated heterocycles. The normalized spacial score (nSPS) is 18.4. The molecule has 1 atom stereocenters. The Balaban J connectivity index is 1.32. The van der Waals surface area contributed by atoms with Crippen LogP contribution in [0.5, 0.6) is 0 Å². The number of nitrogens with zero attached hydrogens (tertiary/aromatic N) is 1. The Kier molecular flexibility index (Phi) is 7.25. The average Bonchev–Trinajstić information content (AvgIpc) is 3.62. The second-order valence-corrected chi connectivity index (χ2v) is 10.0. The third-order valence-electron chi connectivity index (χ3n) is 6.08. The molecule has 4 rings (SSSR count). The van der Waals surface area contributed by atoms with Crippen molar-refractivity contribution < 1.29 is 18.1 Å². The van der Waals surface area contributed by atoms with E-state index in [-0.39, 0.29) is 17.6 Å². The second-order valence-electron chi connectivity index (χ2n) is 8.40. The number of amides is 1. The van der Waals surface area contributed by atoms with Crippen molar-refractivity contribution in [2.45, 2.75) is 37.0 Å². The summed E-state index contributed by atoms with van der Waals surface area (Å²) in [5.74, 6) is 0.310. The molecular weight excluding hydrogens is 418 g/mol. The third kappa shape index (κ3) is 5.84. The SMILES string of the molecule is O=C(C1CC1)N1CCC(NCC[S+]([O-])C(c2ccc(F)cc2)c2ccc(F)cc2)CC1. The number of likely N-dealkylation sites (tertiary alicyclic amines) is 1. The molecule has 4 nitrogen and oxygen atoms in total. The maximum atomic E-state index is 13.4. The van der Waals surface area contributed by atoms with Crippen LogP contribution >= 0.6 is 0 Å². The van der Waals surface area contributed by atoms with E-state index in [4.69, 9.17) is 0 Å². The van der Waals surface area contributed by atoms with Crippen molar-refractivity contribution in [2.24, 2.45) is 5.92 Å². The minimum atomic E-state index is -1.26. The van der Waals surface area contributed by atoms with Gasteiger partial charge in [0, 0.05) is 42.7 Å². The lowest BCUT2D eigenvalue weighted by Crippen LogP contribution is -2.46. The average molecular weight is 447 g/mol. The molecule has 166 valence electrons. The highest BCUT2D eigenvalue weighted by molar-refractivity contribution is 7.91. The molecule has 0 aromatic heterocycles. The van der Waals surface area contributed by atoms with Gasteiger partial charge in [0.2, 0.25) is 5.91 Å². The van der Waals surface area contributed by atoms with Gasteiger partial charge < -0.3 is 14.8 Å². The summed E-state index contributed by atoms with van der Waals surface area (Å²) in [4.78, 5) is 14.2. The van der Waals surface area contributed by atoms with E-state index in [9.17, 15) is 18.1 Å². The molecule has 0 radical (unpaired) electrons. The summed E-state index contributed by atoms with van der Waals surface area (Å²) >= 11 is -1.26. The first-order valence-electron chi connectivity index (χ1n) is 10.9. The second kappa shape index (κ2) is 10.1. The quantitative estimate of drug-likeness (QED) is 0.628. The Bertz CT molecular complexity index is 821. The Morgan fingerprint density at radius 1 is 0.968 bits per heavy atom. The van der Waals surface area contributed by atoms with Gasteiger partial charge in [0.1, 0.15) is 17.4 Å². The van der Waals surface area contributed by atoms with Gasteiger partial charge in [-0.05, 0) is 61.1 Å². The van der Waals surface area contributed by atoms with E-state index in [1.165, 1.54) is 24.3 Å². The number of carbonyl (C=O) groups is 1. The highest BCUT2D eigenvalue weighted by Gasteiger charge is 2.35. The molecule has 1 heterocycles. The first kappa shape index (κ1) is 22.2. The van der Waals surface area contributed by atoms with Gasteiger partial charge in [0.05, 0.1) is 0 Å². The predicted octanol–water partition coefficient (Wildman–Crippen LogP) is 3.79. The largest absolute Gasteiger partial charge is 0.616 e. The molecule has 1 aliphatic carbocycles. The molecule has 31 heavy (non-hydrogen) atoms. The van der Waals surface area contributed by atoms with Crippen LogP contribution in [0.25, 0.3) is 0 Å². The molecular formula is C24H28F2N2O2S. The zero-order valence-corrected chi connectivity index (χ0v) is 18.3. The van der Waals surface area contributed by atoms with Crippen molar-refractivity contribution in [1.29, 1.82) is 0 Å². The number of carbonyl (C=O) groups excluding carboxylic acids is 1. The summed E-state index contributed by atoms with van der Waals surface area (Å²) in [7, 11) is 0. The molecule has 2 fully saturated rings. The van der Waals surface area contributed by atoms with Gasteiger partial charge in [-0.1, -0.05) is 24.3 Å². The van der Waals surface area contributed by atoms with Crippen LogP contribution in [0.2, 0.25) is 0 Å². The van der Waals surface area contributed by atoms with E-state index in [0.717, 1.165) is 49.9 Å². The maximum absolute atomic E-state index is 13.4. The lowest BCUT2D eigenvalue weighted by Gasteiger charge is -2.33. The van der Waals surface area contributed by atoms with E-state index in [2.05, 4.69) is 5.32 Å². The Labute approximate surface area is 185 Å². The number of hydrogen-bond acceptors (Lipinski definition) is 3. The minimum absolute atomic E-state index is 0.266. The summed E-state index contributed by atoms with van der Waals surface area (Å²) in [5.41, 5.74) is 1.50. The molecule has 2 aromatic carbocycles. The van der Waals surface area contributed by atoms with Gasteiger partial charge in [0.15, 0.2) is 5.25 Å². The van der Waals surface area contributed by atoms with Crippen LogP contribution in [0.15, 0.2) is 48.5 Å². The third-order valence-corrected chi connectivity index (χ3v) is 7.75. The van der Waals surface area contributed by atoms with E-state index in [1.54, 1.807) is 24.3 Å². The van der Waals surface area contributed by atoms with Crippen LogP contribution < -0.4 is 5.32 Å². The van der Waals surface area contributed by atoms with E-state index < -0.39 is 16.4 Å². The summed E-state index contributed by atoms with van der Waals surface area (Å²) in [6.45, 7) is 2.15. The molecule has 2 aromatic rings. The first-order chi connectivity index (χ1) is 15.0. The maximum Gasteiger partial charge on any atom is 0.225 e. The topological polar surface area (TPSA) is 55.4 Å². The molecule has 0 bridgehead atoms. The fraction of sp³-hybridized carbons (Fsp3) is 0.458. The van der Waals surface area contributed by atoms with Gasteiger partial charge >= 0.3 is 0 Å². The van der Waals surface area contributed by atoms with Crippen molar-refractivity contribution >= 4 is 17.1 Å². The highest BCUT2D eigenvalue weighted by Crippen LogP contribution is 2.32. The first-order valence-corrected chi connectivity index (χ1v) is 12.3. The van der Waals surface area contributed by atoms with Gasteiger partial charge in [-0.2, -0.15) is 0 Å². The minimum Gasteiger partial charge on any atom is -0.616 e. The van der Waals surface area contributed by atoms with E-state index in [0.29, 0.717) is 24.2 Å². The Hall–Kier alpha value is -1.96. The van der Waals surface area contributed by atoms with E-state index in [1.807, 2.05) is 4.90 Å². The number of benzene rings is 2. The number of hydrogen-bond donors (Lipinski definition) is 1. The Morgan fingerprint density at radius 3 is 1.97 bits per heavy atom. The predicted molar refractivity (Wildman–Crippen MR) is 118 cm³/mol. The van der Waals surface area contributed by atoms with Crippen LogP contribution in [0.1, 0.15) is 42.1 Å². The monoisotopic (exact) mass is 446 g/mol. The van der Waals surface area contributed by atoms with E-state index >= 15 is 0 Å². The van der Waals surface area contributed by atoms with Crippen molar-refractivity contribution in [2.75, 3.05) is 25.4 Å². The molecule has 1 saturated carbocycles. The fourth-order valence-corrected chi connectivity index (χ4v) is 5.62. The van der Waals surface area contributed by atoms with Crippen LogP contribution in [0.4, 0.5) is 8.78 Å². The number of piperidine rings is 1. The van der Waals surface area contributed by atoms with Crippen LogP contribution in [0.3, 0.4) is 0 Å². The molecule has 2 aliphatic rings. The van der Waals surface area contributed by atoms with Crippen LogP contribution in [-0.2, 0) is 16.0 Å².